The fourth-order valence-electron chi connectivity index (χ4n) is 4.07. The number of benzene rings is 2. The van der Waals surface area contributed by atoms with Crippen LogP contribution in [-0.2, 0) is 19.4 Å². The summed E-state index contributed by atoms with van der Waals surface area (Å²) < 4.78 is 37.6. The Bertz CT molecular complexity index is 1260. The lowest BCUT2D eigenvalue weighted by Crippen LogP contribution is -2.37. The van der Waals surface area contributed by atoms with Crippen LogP contribution in [0, 0.1) is 13.8 Å². The number of thiazole rings is 1. The Labute approximate surface area is 204 Å². The van der Waals surface area contributed by atoms with Gasteiger partial charge in [0.25, 0.3) is 0 Å². The number of rotatable bonds is 9. The van der Waals surface area contributed by atoms with Gasteiger partial charge in [0.05, 0.1) is 35.1 Å². The second kappa shape index (κ2) is 10.4. The third kappa shape index (κ3) is 5.42. The number of carbonyl (C=O) groups is 1. The van der Waals surface area contributed by atoms with E-state index in [0.717, 1.165) is 34.2 Å². The monoisotopic (exact) mass is 502 g/mol. The minimum Gasteiger partial charge on any atom is -0.494 e. The number of aromatic nitrogens is 1. The number of sulfone groups is 1. The molecular formula is C25H30N2O5S2. The molecule has 1 aliphatic heterocycles. The summed E-state index contributed by atoms with van der Waals surface area (Å²) in [6.45, 7) is 5.02. The first kappa shape index (κ1) is 24.6. The normalized spacial score (nSPS) is 16.1. The minimum absolute atomic E-state index is 0.0461. The van der Waals surface area contributed by atoms with Gasteiger partial charge in [-0.05, 0) is 56.9 Å². The Morgan fingerprint density at radius 1 is 1.21 bits per heavy atom. The number of methoxy groups -OCH3 is 1. The molecule has 1 aromatic heterocycles. The molecule has 0 bridgehead atoms. The fraction of sp³-hybridized carbons (Fsp3) is 0.440. The van der Waals surface area contributed by atoms with Gasteiger partial charge >= 0.3 is 0 Å². The third-order valence-corrected chi connectivity index (χ3v) is 9.07. The lowest BCUT2D eigenvalue weighted by atomic mass is 10.2. The molecule has 9 heteroatoms. The molecule has 2 heterocycles. The van der Waals surface area contributed by atoms with Crippen LogP contribution in [0.1, 0.15) is 36.8 Å². The molecule has 1 amide bonds. The summed E-state index contributed by atoms with van der Waals surface area (Å²) in [7, 11) is -1.84. The van der Waals surface area contributed by atoms with Crippen LogP contribution in [0.5, 0.6) is 5.75 Å². The Morgan fingerprint density at radius 3 is 2.65 bits per heavy atom. The van der Waals surface area contributed by atoms with Crippen LogP contribution in [0.4, 0.5) is 5.13 Å². The van der Waals surface area contributed by atoms with Crippen LogP contribution in [-0.4, -0.2) is 51.4 Å². The van der Waals surface area contributed by atoms with Crippen molar-refractivity contribution < 1.29 is 22.7 Å². The van der Waals surface area contributed by atoms with E-state index in [-0.39, 0.29) is 35.5 Å². The largest absolute Gasteiger partial charge is 0.494 e. The molecule has 1 fully saturated rings. The molecule has 1 atom stereocenters. The fourth-order valence-corrected chi connectivity index (χ4v) is 6.46. The molecule has 4 rings (SSSR count). The molecule has 2 aromatic carbocycles. The maximum atomic E-state index is 13.3. The average molecular weight is 503 g/mol. The summed E-state index contributed by atoms with van der Waals surface area (Å²) in [6, 6.07) is 10.7. The van der Waals surface area contributed by atoms with Gasteiger partial charge < -0.3 is 9.47 Å². The molecule has 1 unspecified atom stereocenters. The zero-order valence-corrected chi connectivity index (χ0v) is 21.4. The van der Waals surface area contributed by atoms with Crippen LogP contribution in [0.15, 0.2) is 41.3 Å². The number of fused-ring (bicyclic) bond motifs is 1. The quantitative estimate of drug-likeness (QED) is 0.422. The first-order valence-electron chi connectivity index (χ1n) is 11.4. The van der Waals surface area contributed by atoms with Crippen molar-refractivity contribution in [3.8, 4) is 5.75 Å². The van der Waals surface area contributed by atoms with E-state index >= 15 is 0 Å². The standard InChI is InChI=1S/C25H30N2O5S2/c1-17-8-11-20(12-9-17)34(29,30)15-5-7-22(28)27(16-19-6-4-14-32-19)25-26-23-21(31-3)13-10-18(2)24(23)33-25/h8-13,19H,4-7,14-16H2,1-3H3. The Hall–Kier alpha value is -2.49. The molecule has 0 spiro atoms. The maximum absolute atomic E-state index is 13.3. The molecule has 0 N–H and O–H groups in total. The highest BCUT2D eigenvalue weighted by Gasteiger charge is 2.27. The zero-order chi connectivity index (χ0) is 24.3. The average Bonchev–Trinajstić information content (AvgIpc) is 3.48. The highest BCUT2D eigenvalue weighted by molar-refractivity contribution is 7.91. The van der Waals surface area contributed by atoms with Crippen molar-refractivity contribution in [3.05, 3.63) is 47.5 Å². The predicted octanol–water partition coefficient (Wildman–Crippen LogP) is 4.69. The van der Waals surface area contributed by atoms with E-state index < -0.39 is 9.84 Å². The van der Waals surface area contributed by atoms with Gasteiger partial charge in [0.15, 0.2) is 15.0 Å². The predicted molar refractivity (Wildman–Crippen MR) is 135 cm³/mol. The van der Waals surface area contributed by atoms with Gasteiger partial charge in [-0.25, -0.2) is 13.4 Å². The molecule has 1 saturated heterocycles. The number of nitrogens with zero attached hydrogens (tertiary/aromatic N) is 2. The summed E-state index contributed by atoms with van der Waals surface area (Å²) >= 11 is 1.45. The second-order valence-corrected chi connectivity index (χ2v) is 11.7. The van der Waals surface area contributed by atoms with E-state index in [0.29, 0.717) is 24.0 Å². The highest BCUT2D eigenvalue weighted by Crippen LogP contribution is 2.37. The van der Waals surface area contributed by atoms with Crippen molar-refractivity contribution >= 4 is 42.4 Å². The van der Waals surface area contributed by atoms with Crippen molar-refractivity contribution in [3.63, 3.8) is 0 Å². The van der Waals surface area contributed by atoms with Gasteiger partial charge in [0, 0.05) is 13.0 Å². The van der Waals surface area contributed by atoms with Crippen molar-refractivity contribution in [2.24, 2.45) is 0 Å². The van der Waals surface area contributed by atoms with E-state index in [1.54, 1.807) is 36.3 Å². The van der Waals surface area contributed by atoms with Gasteiger partial charge in [0.2, 0.25) is 5.91 Å². The second-order valence-electron chi connectivity index (χ2n) is 8.63. The summed E-state index contributed by atoms with van der Waals surface area (Å²) in [5, 5.41) is 0.587. The molecule has 34 heavy (non-hydrogen) atoms. The molecule has 0 saturated carbocycles. The van der Waals surface area contributed by atoms with Crippen LogP contribution in [0.3, 0.4) is 0 Å². The highest BCUT2D eigenvalue weighted by atomic mass is 32.2. The first-order chi connectivity index (χ1) is 16.3. The molecule has 7 nitrogen and oxygen atoms in total. The van der Waals surface area contributed by atoms with Crippen molar-refractivity contribution in [2.75, 3.05) is 30.9 Å². The molecule has 3 aromatic rings. The number of carbonyl (C=O) groups excluding carboxylic acids is 1. The summed E-state index contributed by atoms with van der Waals surface area (Å²) in [4.78, 5) is 20.0. The van der Waals surface area contributed by atoms with Crippen molar-refractivity contribution in [1.29, 1.82) is 0 Å². The Kier molecular flexibility index (Phi) is 7.54. The number of ether oxygens (including phenoxy) is 2. The number of aryl methyl sites for hydroxylation is 2. The van der Waals surface area contributed by atoms with Gasteiger partial charge in [-0.1, -0.05) is 35.1 Å². The summed E-state index contributed by atoms with van der Waals surface area (Å²) in [5.41, 5.74) is 2.80. The number of amides is 1. The third-order valence-electron chi connectivity index (χ3n) is 6.04. The summed E-state index contributed by atoms with van der Waals surface area (Å²) in [5.74, 6) is 0.435. The Balaban J connectivity index is 1.53. The van der Waals surface area contributed by atoms with Crippen molar-refractivity contribution in [1.82, 2.24) is 4.98 Å². The van der Waals surface area contributed by atoms with Gasteiger partial charge in [0.1, 0.15) is 11.3 Å². The molecular weight excluding hydrogens is 472 g/mol. The number of hydrogen-bond donors (Lipinski definition) is 0. The molecule has 0 radical (unpaired) electrons. The van der Waals surface area contributed by atoms with Crippen LogP contribution < -0.4 is 9.64 Å². The van der Waals surface area contributed by atoms with Crippen molar-refractivity contribution in [2.45, 2.75) is 50.5 Å². The van der Waals surface area contributed by atoms with E-state index in [9.17, 15) is 13.2 Å². The lowest BCUT2D eigenvalue weighted by molar-refractivity contribution is -0.119. The van der Waals surface area contributed by atoms with E-state index in [1.807, 2.05) is 26.0 Å². The smallest absolute Gasteiger partial charge is 0.228 e. The maximum Gasteiger partial charge on any atom is 0.228 e. The number of hydrogen-bond acceptors (Lipinski definition) is 7. The topological polar surface area (TPSA) is 85.8 Å². The van der Waals surface area contributed by atoms with Gasteiger partial charge in [-0.15, -0.1) is 0 Å². The van der Waals surface area contributed by atoms with E-state index in [4.69, 9.17) is 14.5 Å². The Morgan fingerprint density at radius 2 is 1.97 bits per heavy atom. The van der Waals surface area contributed by atoms with E-state index in [1.165, 1.54) is 11.3 Å². The van der Waals surface area contributed by atoms with Gasteiger partial charge in [-0.3, -0.25) is 9.69 Å². The van der Waals surface area contributed by atoms with Crippen LogP contribution >= 0.6 is 11.3 Å². The molecule has 1 aliphatic rings. The molecule has 182 valence electrons. The zero-order valence-electron chi connectivity index (χ0n) is 19.7. The number of anilines is 1. The summed E-state index contributed by atoms with van der Waals surface area (Å²) in [6.07, 6.45) is 2.16. The van der Waals surface area contributed by atoms with Gasteiger partial charge in [-0.2, -0.15) is 0 Å². The minimum atomic E-state index is -3.45. The lowest BCUT2D eigenvalue weighted by Gasteiger charge is -2.23. The van der Waals surface area contributed by atoms with E-state index in [2.05, 4.69) is 0 Å². The van der Waals surface area contributed by atoms with Crippen LogP contribution in [0.2, 0.25) is 0 Å². The molecule has 0 aliphatic carbocycles. The first-order valence-corrected chi connectivity index (χ1v) is 13.9. The van der Waals surface area contributed by atoms with Crippen LogP contribution in [0.25, 0.3) is 10.2 Å². The SMILES string of the molecule is COc1ccc(C)c2sc(N(CC3CCCO3)C(=O)CCCS(=O)(=O)c3ccc(C)cc3)nc12.